The van der Waals surface area contributed by atoms with E-state index in [1.807, 2.05) is 39.8 Å². The molecule has 0 amide bonds. The van der Waals surface area contributed by atoms with Crippen molar-refractivity contribution in [3.05, 3.63) is 60.3 Å². The van der Waals surface area contributed by atoms with E-state index in [1.54, 1.807) is 0 Å². The predicted molar refractivity (Wildman–Crippen MR) is 86.8 cm³/mol. The van der Waals surface area contributed by atoms with Gasteiger partial charge in [-0.25, -0.2) is 0 Å². The van der Waals surface area contributed by atoms with Crippen molar-refractivity contribution in [2.24, 2.45) is 5.41 Å². The molecule has 0 saturated carbocycles. The van der Waals surface area contributed by atoms with Gasteiger partial charge in [-0.1, -0.05) is 76.8 Å². The highest BCUT2D eigenvalue weighted by atomic mass is 14.3. The Labute approximate surface area is 115 Å². The van der Waals surface area contributed by atoms with Crippen molar-refractivity contribution in [2.75, 3.05) is 0 Å². The molecule has 0 fully saturated rings. The summed E-state index contributed by atoms with van der Waals surface area (Å²) in [6, 6.07) is 0. The first kappa shape index (κ1) is 19.0. The van der Waals surface area contributed by atoms with E-state index in [0.29, 0.717) is 0 Å². The second-order valence-electron chi connectivity index (χ2n) is 4.22. The van der Waals surface area contributed by atoms with Gasteiger partial charge in [-0.3, -0.25) is 0 Å². The zero-order valence-electron chi connectivity index (χ0n) is 13.2. The minimum Gasteiger partial charge on any atom is -0.0988 e. The van der Waals surface area contributed by atoms with Crippen LogP contribution in [0.5, 0.6) is 0 Å². The van der Waals surface area contributed by atoms with E-state index < -0.39 is 0 Å². The molecule has 0 rings (SSSR count). The molecule has 18 heavy (non-hydrogen) atoms. The molecule has 0 spiro atoms. The van der Waals surface area contributed by atoms with Crippen LogP contribution in [0, 0.1) is 5.41 Å². The summed E-state index contributed by atoms with van der Waals surface area (Å²) in [5, 5.41) is 0. The Kier molecular flexibility index (Phi) is 11.5. The summed E-state index contributed by atoms with van der Waals surface area (Å²) in [4.78, 5) is 0. The molecule has 0 nitrogen and oxygen atoms in total. The first-order valence-corrected chi connectivity index (χ1v) is 6.79. The maximum absolute atomic E-state index is 3.90. The van der Waals surface area contributed by atoms with Gasteiger partial charge in [0.1, 0.15) is 0 Å². The van der Waals surface area contributed by atoms with E-state index in [0.717, 1.165) is 0 Å². The summed E-state index contributed by atoms with van der Waals surface area (Å²) in [7, 11) is 0. The van der Waals surface area contributed by atoms with Gasteiger partial charge in [-0.05, 0) is 31.9 Å². The summed E-state index contributed by atoms with van der Waals surface area (Å²) in [6.45, 7) is 18.5. The van der Waals surface area contributed by atoms with Crippen LogP contribution in [0.1, 0.15) is 48.5 Å². The molecule has 0 aliphatic rings. The molecule has 0 heterocycles. The quantitative estimate of drug-likeness (QED) is 0.503. The Hall–Kier alpha value is -1.30. The van der Waals surface area contributed by atoms with Gasteiger partial charge in [0.15, 0.2) is 0 Å². The largest absolute Gasteiger partial charge is 0.0988 e. The Morgan fingerprint density at radius 3 is 1.83 bits per heavy atom. The molecule has 0 aliphatic carbocycles. The van der Waals surface area contributed by atoms with Gasteiger partial charge in [0.2, 0.25) is 0 Å². The van der Waals surface area contributed by atoms with Crippen molar-refractivity contribution in [3.63, 3.8) is 0 Å². The van der Waals surface area contributed by atoms with Crippen molar-refractivity contribution in [1.29, 1.82) is 0 Å². The van der Waals surface area contributed by atoms with Crippen molar-refractivity contribution in [2.45, 2.75) is 48.5 Å². The molecule has 0 aromatic carbocycles. The Morgan fingerprint density at radius 2 is 1.50 bits per heavy atom. The number of allylic oxidation sites excluding steroid dienone is 9. The van der Waals surface area contributed by atoms with E-state index in [2.05, 4.69) is 57.7 Å². The molecule has 0 aromatic rings. The van der Waals surface area contributed by atoms with Crippen LogP contribution in [0.15, 0.2) is 60.3 Å². The van der Waals surface area contributed by atoms with Crippen LogP contribution in [-0.2, 0) is 0 Å². The van der Waals surface area contributed by atoms with Crippen molar-refractivity contribution in [1.82, 2.24) is 0 Å². The van der Waals surface area contributed by atoms with Gasteiger partial charge in [0, 0.05) is 5.41 Å². The van der Waals surface area contributed by atoms with Gasteiger partial charge in [-0.15, -0.1) is 0 Å². The SMILES string of the molecule is C=C/C(=C\C=C/C)C(C)(C)C(/C=C\C)=C/C.CC. The first-order valence-electron chi connectivity index (χ1n) is 6.79. The monoisotopic (exact) mass is 246 g/mol. The Balaban J connectivity index is 0. The summed E-state index contributed by atoms with van der Waals surface area (Å²) < 4.78 is 0. The molecule has 102 valence electrons. The Morgan fingerprint density at radius 1 is 0.944 bits per heavy atom. The van der Waals surface area contributed by atoms with Gasteiger partial charge in [0.25, 0.3) is 0 Å². The summed E-state index contributed by atoms with van der Waals surface area (Å²) in [5.41, 5.74) is 2.55. The average molecular weight is 246 g/mol. The average Bonchev–Trinajstić information content (AvgIpc) is 2.38. The molecule has 0 radical (unpaired) electrons. The third kappa shape index (κ3) is 5.86. The second kappa shape index (κ2) is 10.8. The lowest BCUT2D eigenvalue weighted by Gasteiger charge is -2.28. The lowest BCUT2D eigenvalue weighted by Crippen LogP contribution is -2.15. The Bertz CT molecular complexity index is 333. The fourth-order valence-electron chi connectivity index (χ4n) is 1.74. The van der Waals surface area contributed by atoms with Crippen LogP contribution < -0.4 is 0 Å². The van der Waals surface area contributed by atoms with Crippen molar-refractivity contribution < 1.29 is 0 Å². The molecule has 0 atom stereocenters. The summed E-state index contributed by atoms with van der Waals surface area (Å²) in [5.74, 6) is 0. The predicted octanol–water partition coefficient (Wildman–Crippen LogP) is 6.25. The summed E-state index contributed by atoms with van der Waals surface area (Å²) >= 11 is 0. The first-order chi connectivity index (χ1) is 8.54. The van der Waals surface area contributed by atoms with E-state index in [4.69, 9.17) is 0 Å². The van der Waals surface area contributed by atoms with Gasteiger partial charge in [0.05, 0.1) is 0 Å². The molecular weight excluding hydrogens is 216 g/mol. The second-order valence-corrected chi connectivity index (χ2v) is 4.22. The van der Waals surface area contributed by atoms with E-state index in [9.17, 15) is 0 Å². The normalized spacial score (nSPS) is 13.7. The fraction of sp³-hybridized carbons (Fsp3) is 0.444. The van der Waals surface area contributed by atoms with E-state index >= 15 is 0 Å². The fourth-order valence-corrected chi connectivity index (χ4v) is 1.74. The third-order valence-electron chi connectivity index (χ3n) is 2.79. The minimum atomic E-state index is 0.00250. The van der Waals surface area contributed by atoms with Crippen molar-refractivity contribution >= 4 is 0 Å². The van der Waals surface area contributed by atoms with Crippen LogP contribution >= 0.6 is 0 Å². The zero-order valence-corrected chi connectivity index (χ0v) is 13.2. The number of hydrogen-bond donors (Lipinski definition) is 0. The van der Waals surface area contributed by atoms with Crippen LogP contribution in [0.4, 0.5) is 0 Å². The third-order valence-corrected chi connectivity index (χ3v) is 2.79. The maximum atomic E-state index is 3.90. The van der Waals surface area contributed by atoms with Crippen LogP contribution in [0.3, 0.4) is 0 Å². The molecule has 0 unspecified atom stereocenters. The molecule has 0 saturated heterocycles. The van der Waals surface area contributed by atoms with Gasteiger partial charge in [-0.2, -0.15) is 0 Å². The van der Waals surface area contributed by atoms with E-state index in [-0.39, 0.29) is 5.41 Å². The maximum Gasteiger partial charge on any atom is 0.0142 e. The van der Waals surface area contributed by atoms with Crippen molar-refractivity contribution in [3.8, 4) is 0 Å². The minimum absolute atomic E-state index is 0.00250. The van der Waals surface area contributed by atoms with Crippen LogP contribution in [0.2, 0.25) is 0 Å². The molecule has 0 N–H and O–H groups in total. The highest BCUT2D eigenvalue weighted by Crippen LogP contribution is 2.36. The van der Waals surface area contributed by atoms with Gasteiger partial charge >= 0.3 is 0 Å². The zero-order chi connectivity index (χ0) is 14.6. The summed E-state index contributed by atoms with van der Waals surface area (Å²) in [6.07, 6.45) is 14.5. The van der Waals surface area contributed by atoms with Crippen LogP contribution in [0.25, 0.3) is 0 Å². The van der Waals surface area contributed by atoms with E-state index in [1.165, 1.54) is 11.1 Å². The van der Waals surface area contributed by atoms with Gasteiger partial charge < -0.3 is 0 Å². The molecule has 0 bridgehead atoms. The van der Waals surface area contributed by atoms with Crippen LogP contribution in [-0.4, -0.2) is 0 Å². The highest BCUT2D eigenvalue weighted by Gasteiger charge is 2.23. The lowest BCUT2D eigenvalue weighted by atomic mass is 9.76. The number of hydrogen-bond acceptors (Lipinski definition) is 0. The molecule has 0 aliphatic heterocycles. The number of rotatable bonds is 5. The molecule has 0 heteroatoms. The highest BCUT2D eigenvalue weighted by molar-refractivity contribution is 5.40. The smallest absolute Gasteiger partial charge is 0.0142 e. The molecular formula is C18H30. The topological polar surface area (TPSA) is 0 Å². The standard InChI is InChI=1S/C16H24.C2H6/c1-7-11-13-15(10-4)16(5,6)14(9-3)12-8-2;1-2/h7-13H,4H2,1-3,5-6H3;1-2H3/b11-7-,12-8-,14-9+,15-13+;. The lowest BCUT2D eigenvalue weighted by molar-refractivity contribution is 0.565. The molecule has 0 aromatic heterocycles.